The molecule has 5 nitrogen and oxygen atoms in total. The van der Waals surface area contributed by atoms with Crippen LogP contribution in [-0.4, -0.2) is 38.9 Å². The summed E-state index contributed by atoms with van der Waals surface area (Å²) in [5, 5.41) is 6.79. The first-order valence-corrected chi connectivity index (χ1v) is 9.92. The molecule has 0 aliphatic rings. The Labute approximate surface area is 159 Å². The predicted molar refractivity (Wildman–Crippen MR) is 110 cm³/mol. The van der Waals surface area contributed by atoms with Crippen LogP contribution >= 0.6 is 0 Å². The number of hydrogen-bond donors (Lipinski definition) is 2. The summed E-state index contributed by atoms with van der Waals surface area (Å²) >= 11 is 0. The number of aliphatic imine (C=N–C) groups is 1. The molecule has 0 spiro atoms. The maximum absolute atomic E-state index is 5.75. The van der Waals surface area contributed by atoms with Crippen molar-refractivity contribution in [2.24, 2.45) is 10.9 Å². The van der Waals surface area contributed by atoms with E-state index >= 15 is 0 Å². The van der Waals surface area contributed by atoms with Gasteiger partial charge in [-0.3, -0.25) is 4.99 Å². The maximum atomic E-state index is 5.75. The van der Waals surface area contributed by atoms with Gasteiger partial charge in [0.05, 0.1) is 12.6 Å². The normalized spacial score (nSPS) is 12.9. The zero-order valence-corrected chi connectivity index (χ0v) is 17.2. The summed E-state index contributed by atoms with van der Waals surface area (Å²) in [6.07, 6.45) is 2.08. The van der Waals surface area contributed by atoms with E-state index in [2.05, 4.69) is 55.5 Å². The number of rotatable bonds is 12. The smallest absolute Gasteiger partial charge is 0.191 e. The molecule has 0 aliphatic carbocycles. The van der Waals surface area contributed by atoms with Gasteiger partial charge >= 0.3 is 0 Å². The molecule has 0 saturated heterocycles. The molecule has 0 aliphatic heterocycles. The lowest BCUT2D eigenvalue weighted by Gasteiger charge is -2.18. The summed E-state index contributed by atoms with van der Waals surface area (Å²) in [5.74, 6) is 2.31. The quantitative estimate of drug-likeness (QED) is 0.333. The van der Waals surface area contributed by atoms with Crippen molar-refractivity contribution in [3.63, 3.8) is 0 Å². The highest BCUT2D eigenvalue weighted by atomic mass is 16.5. The highest BCUT2D eigenvalue weighted by Gasteiger charge is 2.08. The summed E-state index contributed by atoms with van der Waals surface area (Å²) in [7, 11) is 0. The van der Waals surface area contributed by atoms with Gasteiger partial charge in [-0.15, -0.1) is 0 Å². The average molecular weight is 364 g/mol. The molecule has 0 bridgehead atoms. The highest BCUT2D eigenvalue weighted by molar-refractivity contribution is 5.80. The molecule has 1 unspecified atom stereocenters. The Morgan fingerprint density at radius 3 is 2.42 bits per heavy atom. The van der Waals surface area contributed by atoms with Crippen molar-refractivity contribution in [2.75, 3.05) is 32.9 Å². The number of nitrogens with zero attached hydrogens (tertiary/aromatic N) is 1. The van der Waals surface area contributed by atoms with E-state index in [0.29, 0.717) is 5.92 Å². The second-order valence-electron chi connectivity index (χ2n) is 6.80. The monoisotopic (exact) mass is 363 g/mol. The Balaban J connectivity index is 2.50. The molecule has 148 valence electrons. The van der Waals surface area contributed by atoms with Gasteiger partial charge in [-0.2, -0.15) is 0 Å². The fourth-order valence-corrected chi connectivity index (χ4v) is 2.38. The SMILES string of the molecule is CCNC(=NCCCCOCC)NC(C)c1ccc(OCC(C)C)cc1. The minimum absolute atomic E-state index is 0.176. The number of guanidine groups is 1. The van der Waals surface area contributed by atoms with Crippen LogP contribution in [0.4, 0.5) is 0 Å². The fraction of sp³-hybridized carbons (Fsp3) is 0.667. The van der Waals surface area contributed by atoms with E-state index in [0.717, 1.165) is 57.5 Å². The summed E-state index contributed by atoms with van der Waals surface area (Å²) in [6.45, 7) is 14.5. The van der Waals surface area contributed by atoms with Gasteiger partial charge in [0.1, 0.15) is 5.75 Å². The minimum Gasteiger partial charge on any atom is -0.493 e. The Kier molecular flexibility index (Phi) is 11.5. The Hall–Kier alpha value is -1.75. The van der Waals surface area contributed by atoms with Crippen LogP contribution in [0.1, 0.15) is 59.1 Å². The Bertz CT molecular complexity index is 500. The molecule has 0 fully saturated rings. The lowest BCUT2D eigenvalue weighted by atomic mass is 10.1. The molecule has 0 radical (unpaired) electrons. The van der Waals surface area contributed by atoms with Gasteiger partial charge in [0, 0.05) is 26.3 Å². The van der Waals surface area contributed by atoms with E-state index < -0.39 is 0 Å². The molecule has 26 heavy (non-hydrogen) atoms. The van der Waals surface area contributed by atoms with Crippen LogP contribution in [0, 0.1) is 5.92 Å². The molecule has 0 heterocycles. The van der Waals surface area contributed by atoms with Crippen molar-refractivity contribution in [1.29, 1.82) is 0 Å². The van der Waals surface area contributed by atoms with Crippen molar-refractivity contribution >= 4 is 5.96 Å². The third-order valence-electron chi connectivity index (χ3n) is 3.83. The van der Waals surface area contributed by atoms with Gasteiger partial charge in [-0.25, -0.2) is 0 Å². The summed E-state index contributed by atoms with van der Waals surface area (Å²) in [6, 6.07) is 8.47. The minimum atomic E-state index is 0.176. The van der Waals surface area contributed by atoms with E-state index in [1.54, 1.807) is 0 Å². The van der Waals surface area contributed by atoms with Gasteiger partial charge in [0.25, 0.3) is 0 Å². The molecule has 0 amide bonds. The molecular weight excluding hydrogens is 326 g/mol. The number of nitrogens with one attached hydrogen (secondary N) is 2. The lowest BCUT2D eigenvalue weighted by molar-refractivity contribution is 0.144. The largest absolute Gasteiger partial charge is 0.493 e. The second-order valence-corrected chi connectivity index (χ2v) is 6.80. The first-order valence-electron chi connectivity index (χ1n) is 9.92. The molecule has 1 aromatic carbocycles. The average Bonchev–Trinajstić information content (AvgIpc) is 2.63. The summed E-state index contributed by atoms with van der Waals surface area (Å²) < 4.78 is 11.1. The molecule has 1 rings (SSSR count). The zero-order valence-electron chi connectivity index (χ0n) is 17.2. The summed E-state index contributed by atoms with van der Waals surface area (Å²) in [4.78, 5) is 4.66. The van der Waals surface area contributed by atoms with Crippen LogP contribution in [0.2, 0.25) is 0 Å². The van der Waals surface area contributed by atoms with Crippen LogP contribution in [-0.2, 0) is 4.74 Å². The van der Waals surface area contributed by atoms with Gasteiger partial charge in [0.15, 0.2) is 5.96 Å². The molecule has 2 N–H and O–H groups in total. The molecule has 5 heteroatoms. The summed E-state index contributed by atoms with van der Waals surface area (Å²) in [5.41, 5.74) is 1.21. The van der Waals surface area contributed by atoms with Crippen LogP contribution in [0.15, 0.2) is 29.3 Å². The number of ether oxygens (including phenoxy) is 2. The molecule has 0 aromatic heterocycles. The van der Waals surface area contributed by atoms with E-state index in [1.807, 2.05) is 19.1 Å². The topological polar surface area (TPSA) is 54.9 Å². The molecular formula is C21H37N3O2. The molecule has 1 aromatic rings. The Morgan fingerprint density at radius 2 is 1.81 bits per heavy atom. The van der Waals surface area contributed by atoms with Crippen LogP contribution in [0.25, 0.3) is 0 Å². The van der Waals surface area contributed by atoms with Crippen LogP contribution in [0.3, 0.4) is 0 Å². The van der Waals surface area contributed by atoms with Gasteiger partial charge < -0.3 is 20.1 Å². The van der Waals surface area contributed by atoms with E-state index in [4.69, 9.17) is 9.47 Å². The van der Waals surface area contributed by atoms with Crippen molar-refractivity contribution in [3.8, 4) is 5.75 Å². The van der Waals surface area contributed by atoms with Crippen LogP contribution < -0.4 is 15.4 Å². The highest BCUT2D eigenvalue weighted by Crippen LogP contribution is 2.18. The zero-order chi connectivity index (χ0) is 19.2. The van der Waals surface area contributed by atoms with E-state index in [-0.39, 0.29) is 6.04 Å². The van der Waals surface area contributed by atoms with Crippen LogP contribution in [0.5, 0.6) is 5.75 Å². The van der Waals surface area contributed by atoms with E-state index in [1.165, 1.54) is 5.56 Å². The maximum Gasteiger partial charge on any atom is 0.191 e. The van der Waals surface area contributed by atoms with Gasteiger partial charge in [0.2, 0.25) is 0 Å². The first-order chi connectivity index (χ1) is 12.6. The molecule has 0 saturated carbocycles. The van der Waals surface area contributed by atoms with Crippen molar-refractivity contribution in [2.45, 2.75) is 53.5 Å². The number of hydrogen-bond acceptors (Lipinski definition) is 3. The third kappa shape index (κ3) is 9.66. The lowest BCUT2D eigenvalue weighted by Crippen LogP contribution is -2.38. The van der Waals surface area contributed by atoms with Crippen molar-refractivity contribution in [1.82, 2.24) is 10.6 Å². The van der Waals surface area contributed by atoms with Crippen molar-refractivity contribution < 1.29 is 9.47 Å². The number of benzene rings is 1. The first kappa shape index (κ1) is 22.3. The number of unbranched alkanes of at least 4 members (excludes halogenated alkanes) is 1. The standard InChI is InChI=1S/C21H37N3O2/c1-6-22-21(23-14-8-9-15-25-7-2)24-18(5)19-10-12-20(13-11-19)26-16-17(3)4/h10-13,17-18H,6-9,14-16H2,1-5H3,(H2,22,23,24). The second kappa shape index (κ2) is 13.5. The van der Waals surface area contributed by atoms with Gasteiger partial charge in [-0.1, -0.05) is 26.0 Å². The van der Waals surface area contributed by atoms with E-state index in [9.17, 15) is 0 Å². The Morgan fingerprint density at radius 1 is 1.08 bits per heavy atom. The fourth-order valence-electron chi connectivity index (χ4n) is 2.38. The predicted octanol–water partition coefficient (Wildman–Crippen LogP) is 4.15. The third-order valence-corrected chi connectivity index (χ3v) is 3.83. The van der Waals surface area contributed by atoms with Gasteiger partial charge in [-0.05, 0) is 57.2 Å². The molecule has 1 atom stereocenters. The van der Waals surface area contributed by atoms with Crippen molar-refractivity contribution in [3.05, 3.63) is 29.8 Å².